The molecule has 0 radical (unpaired) electrons. The highest BCUT2D eigenvalue weighted by Crippen LogP contribution is 2.13. The fourth-order valence-electron chi connectivity index (χ4n) is 1.29. The molecule has 0 aromatic heterocycles. The summed E-state index contributed by atoms with van der Waals surface area (Å²) in [7, 11) is 0. The van der Waals surface area contributed by atoms with Gasteiger partial charge in [-0.2, -0.15) is 0 Å². The number of nitrogens with one attached hydrogen (secondary N) is 1. The van der Waals surface area contributed by atoms with Gasteiger partial charge < -0.3 is 11.1 Å². The Labute approximate surface area is 88.5 Å². The monoisotopic (exact) mass is 210 g/mol. The van der Waals surface area contributed by atoms with E-state index in [0.717, 1.165) is 0 Å². The van der Waals surface area contributed by atoms with E-state index in [0.29, 0.717) is 5.69 Å². The van der Waals surface area contributed by atoms with E-state index >= 15 is 0 Å². The number of hydrogen-bond acceptors (Lipinski definition) is 2. The molecule has 1 unspecified atom stereocenters. The van der Waals surface area contributed by atoms with Gasteiger partial charge in [0, 0.05) is 5.69 Å². The van der Waals surface area contributed by atoms with Crippen molar-refractivity contribution in [3.63, 3.8) is 0 Å². The summed E-state index contributed by atoms with van der Waals surface area (Å²) in [5.74, 6) is -0.623. The van der Waals surface area contributed by atoms with E-state index in [1.165, 1.54) is 12.1 Å². The van der Waals surface area contributed by atoms with Crippen molar-refractivity contribution in [3.05, 3.63) is 30.1 Å². The fraction of sp³-hybridized carbons (Fsp3) is 0.364. The average Bonchev–Trinajstić information content (AvgIpc) is 2.15. The second-order valence-corrected chi connectivity index (χ2v) is 3.78. The number of benzene rings is 1. The molecule has 4 heteroatoms. The minimum atomic E-state index is -0.435. The minimum Gasteiger partial charge on any atom is -0.373 e. The van der Waals surface area contributed by atoms with Crippen LogP contribution in [0.15, 0.2) is 24.3 Å². The van der Waals surface area contributed by atoms with Crippen LogP contribution in [0.2, 0.25) is 0 Å². The number of anilines is 1. The van der Waals surface area contributed by atoms with E-state index in [-0.39, 0.29) is 11.7 Å². The maximum atomic E-state index is 12.6. The zero-order valence-electron chi connectivity index (χ0n) is 8.83. The van der Waals surface area contributed by atoms with Gasteiger partial charge in [0.05, 0.1) is 0 Å². The summed E-state index contributed by atoms with van der Waals surface area (Å²) in [6.07, 6.45) is 0. The molecule has 0 spiro atoms. The first kappa shape index (κ1) is 11.5. The molecule has 82 valence electrons. The third-order valence-electron chi connectivity index (χ3n) is 2.14. The van der Waals surface area contributed by atoms with Crippen molar-refractivity contribution in [1.82, 2.24) is 0 Å². The molecule has 0 aliphatic carbocycles. The molecule has 0 saturated carbocycles. The van der Waals surface area contributed by atoms with Gasteiger partial charge in [-0.1, -0.05) is 13.8 Å². The van der Waals surface area contributed by atoms with Crippen LogP contribution in [0, 0.1) is 11.7 Å². The van der Waals surface area contributed by atoms with Crippen molar-refractivity contribution in [2.75, 3.05) is 5.32 Å². The van der Waals surface area contributed by atoms with Gasteiger partial charge in [-0.25, -0.2) is 4.39 Å². The number of rotatable bonds is 4. The average molecular weight is 210 g/mol. The van der Waals surface area contributed by atoms with Crippen LogP contribution in [-0.2, 0) is 4.79 Å². The fourth-order valence-corrected chi connectivity index (χ4v) is 1.29. The predicted octanol–water partition coefficient (Wildman–Crippen LogP) is 1.75. The molecule has 1 aromatic rings. The van der Waals surface area contributed by atoms with Crippen LogP contribution in [-0.4, -0.2) is 11.9 Å². The van der Waals surface area contributed by atoms with Gasteiger partial charge in [0.25, 0.3) is 0 Å². The van der Waals surface area contributed by atoms with Crippen molar-refractivity contribution in [2.24, 2.45) is 11.7 Å². The molecular weight excluding hydrogens is 195 g/mol. The van der Waals surface area contributed by atoms with E-state index in [1.807, 2.05) is 13.8 Å². The van der Waals surface area contributed by atoms with Gasteiger partial charge in [0.1, 0.15) is 11.9 Å². The number of carbonyl (C=O) groups excluding carboxylic acids is 1. The maximum absolute atomic E-state index is 12.6. The molecule has 0 aliphatic rings. The van der Waals surface area contributed by atoms with E-state index in [2.05, 4.69) is 5.32 Å². The SMILES string of the molecule is CC(C)C(Nc1ccc(F)cc1)C(N)=O. The largest absolute Gasteiger partial charge is 0.373 e. The third kappa shape index (κ3) is 3.23. The van der Waals surface area contributed by atoms with Gasteiger partial charge >= 0.3 is 0 Å². The Morgan fingerprint density at radius 3 is 2.27 bits per heavy atom. The lowest BCUT2D eigenvalue weighted by atomic mass is 10.0. The van der Waals surface area contributed by atoms with Crippen LogP contribution in [0.3, 0.4) is 0 Å². The first-order valence-corrected chi connectivity index (χ1v) is 4.82. The summed E-state index contributed by atoms with van der Waals surface area (Å²) >= 11 is 0. The van der Waals surface area contributed by atoms with Gasteiger partial charge in [-0.15, -0.1) is 0 Å². The zero-order valence-corrected chi connectivity index (χ0v) is 8.83. The third-order valence-corrected chi connectivity index (χ3v) is 2.14. The van der Waals surface area contributed by atoms with E-state index < -0.39 is 11.9 Å². The lowest BCUT2D eigenvalue weighted by molar-refractivity contribution is -0.119. The molecule has 3 N–H and O–H groups in total. The normalized spacial score (nSPS) is 12.5. The topological polar surface area (TPSA) is 55.1 Å². The summed E-state index contributed by atoms with van der Waals surface area (Å²) in [6, 6.07) is 5.39. The molecule has 15 heavy (non-hydrogen) atoms. The van der Waals surface area contributed by atoms with E-state index in [4.69, 9.17) is 5.73 Å². The summed E-state index contributed by atoms with van der Waals surface area (Å²) in [6.45, 7) is 3.79. The molecular formula is C11H15FN2O. The smallest absolute Gasteiger partial charge is 0.240 e. The standard InChI is InChI=1S/C11H15FN2O/c1-7(2)10(11(13)15)14-9-5-3-8(12)4-6-9/h3-7,10,14H,1-2H3,(H2,13,15). The van der Waals surface area contributed by atoms with Gasteiger partial charge in [-0.3, -0.25) is 4.79 Å². The second kappa shape index (κ2) is 4.77. The molecule has 1 atom stereocenters. The van der Waals surface area contributed by atoms with Gasteiger partial charge in [0.2, 0.25) is 5.91 Å². The van der Waals surface area contributed by atoms with Crippen molar-refractivity contribution < 1.29 is 9.18 Å². The molecule has 0 bridgehead atoms. The number of carbonyl (C=O) groups is 1. The highest BCUT2D eigenvalue weighted by molar-refractivity contribution is 5.83. The molecule has 1 rings (SSSR count). The van der Waals surface area contributed by atoms with Crippen molar-refractivity contribution in [1.29, 1.82) is 0 Å². The number of amides is 1. The van der Waals surface area contributed by atoms with Gasteiger partial charge in [-0.05, 0) is 30.2 Å². The highest BCUT2D eigenvalue weighted by atomic mass is 19.1. The molecule has 0 heterocycles. The highest BCUT2D eigenvalue weighted by Gasteiger charge is 2.18. The summed E-state index contributed by atoms with van der Waals surface area (Å²) in [5, 5.41) is 2.96. The summed E-state index contributed by atoms with van der Waals surface area (Å²) in [4.78, 5) is 11.1. The Balaban J connectivity index is 2.74. The Morgan fingerprint density at radius 2 is 1.87 bits per heavy atom. The molecule has 0 saturated heterocycles. The van der Waals surface area contributed by atoms with Crippen LogP contribution in [0.4, 0.5) is 10.1 Å². The number of hydrogen-bond donors (Lipinski definition) is 2. The second-order valence-electron chi connectivity index (χ2n) is 3.78. The Hall–Kier alpha value is -1.58. The summed E-state index contributed by atoms with van der Waals surface area (Å²) < 4.78 is 12.6. The number of primary amides is 1. The molecule has 3 nitrogen and oxygen atoms in total. The molecule has 1 aromatic carbocycles. The van der Waals surface area contributed by atoms with Crippen molar-refractivity contribution in [2.45, 2.75) is 19.9 Å². The van der Waals surface area contributed by atoms with Crippen LogP contribution in [0.5, 0.6) is 0 Å². The van der Waals surface area contributed by atoms with E-state index in [9.17, 15) is 9.18 Å². The Morgan fingerprint density at radius 1 is 1.33 bits per heavy atom. The van der Waals surface area contributed by atoms with Crippen LogP contribution < -0.4 is 11.1 Å². The van der Waals surface area contributed by atoms with Crippen molar-refractivity contribution in [3.8, 4) is 0 Å². The molecule has 0 aliphatic heterocycles. The van der Waals surface area contributed by atoms with Crippen LogP contribution in [0.25, 0.3) is 0 Å². The maximum Gasteiger partial charge on any atom is 0.240 e. The minimum absolute atomic E-state index is 0.0903. The lowest BCUT2D eigenvalue weighted by Gasteiger charge is -2.19. The molecule has 1 amide bonds. The Kier molecular flexibility index (Phi) is 3.66. The predicted molar refractivity (Wildman–Crippen MR) is 57.8 cm³/mol. The quantitative estimate of drug-likeness (QED) is 0.795. The number of nitrogens with two attached hydrogens (primary N) is 1. The van der Waals surface area contributed by atoms with Gasteiger partial charge in [0.15, 0.2) is 0 Å². The summed E-state index contributed by atoms with van der Waals surface area (Å²) in [5.41, 5.74) is 5.93. The van der Waals surface area contributed by atoms with E-state index in [1.54, 1.807) is 12.1 Å². The zero-order chi connectivity index (χ0) is 11.4. The Bertz CT molecular complexity index is 335. The number of halogens is 1. The van der Waals surface area contributed by atoms with Crippen LogP contribution in [0.1, 0.15) is 13.8 Å². The first-order chi connectivity index (χ1) is 7.00. The lowest BCUT2D eigenvalue weighted by Crippen LogP contribution is -2.39. The van der Waals surface area contributed by atoms with Crippen molar-refractivity contribution >= 4 is 11.6 Å². The first-order valence-electron chi connectivity index (χ1n) is 4.82. The molecule has 0 fully saturated rings. The van der Waals surface area contributed by atoms with Crippen LogP contribution >= 0.6 is 0 Å².